The molecule has 0 radical (unpaired) electrons. The van der Waals surface area contributed by atoms with E-state index in [1.165, 1.54) is 6.42 Å². The van der Waals surface area contributed by atoms with Gasteiger partial charge in [0.15, 0.2) is 0 Å². The number of amides is 2. The van der Waals surface area contributed by atoms with Crippen LogP contribution in [0.2, 0.25) is 0 Å². The highest BCUT2D eigenvalue weighted by molar-refractivity contribution is 5.85. The molecule has 0 aromatic rings. The molecule has 1 atom stereocenters. The van der Waals surface area contributed by atoms with Crippen molar-refractivity contribution < 1.29 is 9.59 Å². The predicted molar refractivity (Wildman–Crippen MR) is 78.1 cm³/mol. The summed E-state index contributed by atoms with van der Waals surface area (Å²) in [6, 6.07) is -0.491. The van der Waals surface area contributed by atoms with Gasteiger partial charge in [-0.2, -0.15) is 0 Å². The zero-order valence-corrected chi connectivity index (χ0v) is 12.7. The summed E-state index contributed by atoms with van der Waals surface area (Å²) < 4.78 is 0. The highest BCUT2D eigenvalue weighted by atomic mass is 35.5. The van der Waals surface area contributed by atoms with Gasteiger partial charge in [0.25, 0.3) is 0 Å². The summed E-state index contributed by atoms with van der Waals surface area (Å²) in [5.74, 6) is 0.0763. The summed E-state index contributed by atoms with van der Waals surface area (Å²) in [7, 11) is 0. The maximum absolute atomic E-state index is 11.8. The second kappa shape index (κ2) is 9.15. The second-order valence-electron chi connectivity index (χ2n) is 5.25. The van der Waals surface area contributed by atoms with Crippen LogP contribution >= 0.6 is 12.4 Å². The third kappa shape index (κ3) is 6.25. The molecule has 0 aromatic carbocycles. The number of nitrogens with two attached hydrogens (primary N) is 1. The maximum atomic E-state index is 11.8. The lowest BCUT2D eigenvalue weighted by atomic mass is 10.1. The molecule has 0 bridgehead atoms. The van der Waals surface area contributed by atoms with E-state index in [9.17, 15) is 9.59 Å². The topological polar surface area (TPSA) is 75.4 Å². The number of carbonyl (C=O) groups excluding carboxylic acids is 2. The van der Waals surface area contributed by atoms with Crippen LogP contribution in [0.3, 0.4) is 0 Å². The molecule has 5 nitrogen and oxygen atoms in total. The number of hydrogen-bond donors (Lipinski definition) is 2. The van der Waals surface area contributed by atoms with Crippen LogP contribution < -0.4 is 11.1 Å². The molecule has 19 heavy (non-hydrogen) atoms. The molecule has 1 rings (SSSR count). The fraction of sp³-hybridized carbons (Fsp3) is 0.846. The van der Waals surface area contributed by atoms with E-state index in [0.29, 0.717) is 13.0 Å². The second-order valence-corrected chi connectivity index (χ2v) is 5.25. The van der Waals surface area contributed by atoms with Crippen LogP contribution in [0.25, 0.3) is 0 Å². The number of piperidine rings is 1. The average molecular weight is 292 g/mol. The first kappa shape index (κ1) is 18.2. The van der Waals surface area contributed by atoms with Crippen molar-refractivity contribution in [3.05, 3.63) is 0 Å². The van der Waals surface area contributed by atoms with Crippen LogP contribution in [0.4, 0.5) is 0 Å². The summed E-state index contributed by atoms with van der Waals surface area (Å²) in [4.78, 5) is 25.3. The summed E-state index contributed by atoms with van der Waals surface area (Å²) in [6.07, 6.45) is 3.77. The molecule has 1 aliphatic rings. The fourth-order valence-electron chi connectivity index (χ4n) is 2.01. The summed E-state index contributed by atoms with van der Waals surface area (Å²) in [5, 5.41) is 2.72. The molecule has 2 amide bonds. The Morgan fingerprint density at radius 3 is 2.32 bits per heavy atom. The Labute approximate surface area is 121 Å². The van der Waals surface area contributed by atoms with Gasteiger partial charge in [-0.15, -0.1) is 12.4 Å². The van der Waals surface area contributed by atoms with Crippen LogP contribution in [-0.2, 0) is 9.59 Å². The van der Waals surface area contributed by atoms with E-state index in [1.807, 2.05) is 18.7 Å². The predicted octanol–water partition coefficient (Wildman–Crippen LogP) is 0.910. The molecule has 1 saturated heterocycles. The van der Waals surface area contributed by atoms with Crippen LogP contribution in [0.15, 0.2) is 0 Å². The van der Waals surface area contributed by atoms with E-state index in [4.69, 9.17) is 5.73 Å². The van der Waals surface area contributed by atoms with Gasteiger partial charge in [-0.3, -0.25) is 9.59 Å². The monoisotopic (exact) mass is 291 g/mol. The van der Waals surface area contributed by atoms with E-state index >= 15 is 0 Å². The van der Waals surface area contributed by atoms with Gasteiger partial charge in [-0.1, -0.05) is 13.8 Å². The van der Waals surface area contributed by atoms with Crippen molar-refractivity contribution in [3.63, 3.8) is 0 Å². The Bertz CT molecular complexity index is 292. The Hall–Kier alpha value is -0.810. The van der Waals surface area contributed by atoms with Crippen molar-refractivity contribution in [1.82, 2.24) is 10.2 Å². The van der Waals surface area contributed by atoms with Crippen LogP contribution in [0.1, 0.15) is 39.5 Å². The smallest absolute Gasteiger partial charge is 0.237 e. The Morgan fingerprint density at radius 1 is 1.21 bits per heavy atom. The number of hydrogen-bond acceptors (Lipinski definition) is 3. The van der Waals surface area contributed by atoms with Gasteiger partial charge in [-0.25, -0.2) is 0 Å². The normalized spacial score (nSPS) is 16.7. The van der Waals surface area contributed by atoms with Crippen molar-refractivity contribution in [3.8, 4) is 0 Å². The minimum atomic E-state index is -0.491. The number of nitrogens with one attached hydrogen (secondary N) is 1. The van der Waals surface area contributed by atoms with Crippen molar-refractivity contribution in [2.45, 2.75) is 45.6 Å². The Balaban J connectivity index is 0.00000324. The van der Waals surface area contributed by atoms with Gasteiger partial charge in [0.05, 0.1) is 6.04 Å². The lowest BCUT2D eigenvalue weighted by Crippen LogP contribution is -2.45. The van der Waals surface area contributed by atoms with Crippen LogP contribution in [-0.4, -0.2) is 42.4 Å². The minimum absolute atomic E-state index is 0. The minimum Gasteiger partial charge on any atom is -0.354 e. The van der Waals surface area contributed by atoms with E-state index in [-0.39, 0.29) is 30.1 Å². The quantitative estimate of drug-likeness (QED) is 0.790. The van der Waals surface area contributed by atoms with Crippen LogP contribution in [0.5, 0.6) is 0 Å². The van der Waals surface area contributed by atoms with Crippen molar-refractivity contribution in [1.29, 1.82) is 0 Å². The SMILES string of the molecule is CC(C)C(N)C(=O)NCCC(=O)N1CCCCC1.Cl. The summed E-state index contributed by atoms with van der Waals surface area (Å²) in [6.45, 7) is 5.91. The Morgan fingerprint density at radius 2 is 1.79 bits per heavy atom. The molecule has 0 spiro atoms. The van der Waals surface area contributed by atoms with E-state index in [0.717, 1.165) is 25.9 Å². The molecule has 1 fully saturated rings. The molecule has 112 valence electrons. The number of halogens is 1. The lowest BCUT2D eigenvalue weighted by Gasteiger charge is -2.26. The molecule has 3 N–H and O–H groups in total. The van der Waals surface area contributed by atoms with Crippen molar-refractivity contribution >= 4 is 24.2 Å². The molecule has 0 saturated carbocycles. The van der Waals surface area contributed by atoms with Crippen LogP contribution in [0, 0.1) is 5.92 Å². The van der Waals surface area contributed by atoms with E-state index in [2.05, 4.69) is 5.32 Å². The average Bonchev–Trinajstić information content (AvgIpc) is 2.38. The molecular weight excluding hydrogens is 266 g/mol. The highest BCUT2D eigenvalue weighted by Gasteiger charge is 2.19. The fourth-order valence-corrected chi connectivity index (χ4v) is 2.01. The lowest BCUT2D eigenvalue weighted by molar-refractivity contribution is -0.132. The van der Waals surface area contributed by atoms with Gasteiger partial charge >= 0.3 is 0 Å². The maximum Gasteiger partial charge on any atom is 0.237 e. The molecular formula is C13H26ClN3O2. The zero-order chi connectivity index (χ0) is 13.5. The first-order chi connectivity index (χ1) is 8.52. The zero-order valence-electron chi connectivity index (χ0n) is 11.9. The third-order valence-electron chi connectivity index (χ3n) is 3.37. The number of nitrogens with zero attached hydrogens (tertiary/aromatic N) is 1. The molecule has 0 aromatic heterocycles. The summed E-state index contributed by atoms with van der Waals surface area (Å²) >= 11 is 0. The summed E-state index contributed by atoms with van der Waals surface area (Å²) in [5.41, 5.74) is 5.71. The number of rotatable bonds is 5. The molecule has 1 aliphatic heterocycles. The van der Waals surface area contributed by atoms with Gasteiger partial charge in [0, 0.05) is 26.1 Å². The molecule has 6 heteroatoms. The third-order valence-corrected chi connectivity index (χ3v) is 3.37. The Kier molecular flexibility index (Phi) is 8.76. The van der Waals surface area contributed by atoms with Crippen molar-refractivity contribution in [2.75, 3.05) is 19.6 Å². The first-order valence-electron chi connectivity index (χ1n) is 6.83. The first-order valence-corrected chi connectivity index (χ1v) is 6.83. The number of carbonyl (C=O) groups is 2. The van der Waals surface area contributed by atoms with E-state index < -0.39 is 6.04 Å². The molecule has 1 unspecified atom stereocenters. The molecule has 0 aliphatic carbocycles. The number of likely N-dealkylation sites (tertiary alicyclic amines) is 1. The highest BCUT2D eigenvalue weighted by Crippen LogP contribution is 2.09. The standard InChI is InChI=1S/C13H25N3O2.ClH/c1-10(2)12(14)13(18)15-7-6-11(17)16-8-4-3-5-9-16;/h10,12H,3-9,14H2,1-2H3,(H,15,18);1H. The molecule has 1 heterocycles. The van der Waals surface area contributed by atoms with Gasteiger partial charge in [-0.05, 0) is 25.2 Å². The van der Waals surface area contributed by atoms with Gasteiger partial charge in [0.1, 0.15) is 0 Å². The van der Waals surface area contributed by atoms with Crippen molar-refractivity contribution in [2.24, 2.45) is 11.7 Å². The van der Waals surface area contributed by atoms with Gasteiger partial charge < -0.3 is 16.0 Å². The van der Waals surface area contributed by atoms with Gasteiger partial charge in [0.2, 0.25) is 11.8 Å². The van der Waals surface area contributed by atoms with E-state index in [1.54, 1.807) is 0 Å². The largest absolute Gasteiger partial charge is 0.354 e.